The van der Waals surface area contributed by atoms with Crippen LogP contribution in [0.1, 0.15) is 15.9 Å². The van der Waals surface area contributed by atoms with Crippen LogP contribution in [0.4, 0.5) is 0 Å². The maximum atomic E-state index is 12.0. The van der Waals surface area contributed by atoms with Crippen molar-refractivity contribution in [3.8, 4) is 0 Å². The van der Waals surface area contributed by atoms with E-state index in [1.807, 2.05) is 42.6 Å². The third-order valence-corrected chi connectivity index (χ3v) is 4.17. The Morgan fingerprint density at radius 2 is 1.74 bits per heavy atom. The highest BCUT2D eigenvalue weighted by Gasteiger charge is 2.10. The van der Waals surface area contributed by atoms with Crippen molar-refractivity contribution in [2.24, 2.45) is 0 Å². The van der Waals surface area contributed by atoms with Gasteiger partial charge in [0.25, 0.3) is 5.91 Å². The van der Waals surface area contributed by atoms with Crippen LogP contribution in [-0.4, -0.2) is 16.8 Å². The molecule has 2 aromatic carbocycles. The molecular formula is C17H14IN3O2. The number of hydrogen-bond acceptors (Lipinski definition) is 2. The van der Waals surface area contributed by atoms with Gasteiger partial charge in [0.1, 0.15) is 0 Å². The molecule has 3 rings (SSSR count). The molecule has 116 valence electrons. The Hall–Kier alpha value is -2.35. The van der Waals surface area contributed by atoms with Gasteiger partial charge in [0.15, 0.2) is 0 Å². The summed E-state index contributed by atoms with van der Waals surface area (Å²) in [6.07, 6.45) is 2.00. The minimum absolute atomic E-state index is 0.191. The fourth-order valence-corrected chi connectivity index (χ4v) is 2.65. The molecule has 0 saturated carbocycles. The molecule has 0 aliphatic heterocycles. The number of aromatic nitrogens is 1. The highest BCUT2D eigenvalue weighted by molar-refractivity contribution is 14.1. The van der Waals surface area contributed by atoms with E-state index < -0.39 is 0 Å². The van der Waals surface area contributed by atoms with Crippen molar-refractivity contribution in [3.05, 3.63) is 69.4 Å². The summed E-state index contributed by atoms with van der Waals surface area (Å²) < 4.78 is 1.04. The molecule has 0 fully saturated rings. The van der Waals surface area contributed by atoms with Gasteiger partial charge in [-0.1, -0.05) is 18.2 Å². The van der Waals surface area contributed by atoms with E-state index in [1.165, 1.54) is 0 Å². The lowest BCUT2D eigenvalue weighted by Crippen LogP contribution is -2.42. The van der Waals surface area contributed by atoms with Crippen molar-refractivity contribution in [3.63, 3.8) is 0 Å². The number of hydrogen-bond donors (Lipinski definition) is 3. The summed E-state index contributed by atoms with van der Waals surface area (Å²) in [5, 5.41) is 1.01. The molecule has 1 aromatic heterocycles. The Labute approximate surface area is 146 Å². The fourth-order valence-electron chi connectivity index (χ4n) is 2.29. The van der Waals surface area contributed by atoms with E-state index in [0.29, 0.717) is 5.56 Å². The Morgan fingerprint density at radius 3 is 2.52 bits per heavy atom. The number of carbonyl (C=O) groups excluding carboxylic acids is 2. The topological polar surface area (TPSA) is 74.0 Å². The number of nitrogens with one attached hydrogen (secondary N) is 3. The van der Waals surface area contributed by atoms with Crippen molar-refractivity contribution in [1.29, 1.82) is 0 Å². The lowest BCUT2D eigenvalue weighted by molar-refractivity contribution is -0.121. The second-order valence-electron chi connectivity index (χ2n) is 5.05. The molecule has 0 aliphatic carbocycles. The van der Waals surface area contributed by atoms with Crippen LogP contribution in [0.3, 0.4) is 0 Å². The smallest absolute Gasteiger partial charge is 0.269 e. The maximum absolute atomic E-state index is 12.0. The molecule has 0 saturated heterocycles. The van der Waals surface area contributed by atoms with Crippen molar-refractivity contribution in [2.75, 3.05) is 0 Å². The van der Waals surface area contributed by atoms with Crippen LogP contribution in [0.15, 0.2) is 54.7 Å². The Balaban J connectivity index is 1.59. The van der Waals surface area contributed by atoms with Crippen LogP contribution in [0.25, 0.3) is 10.9 Å². The second-order valence-corrected chi connectivity index (χ2v) is 6.29. The van der Waals surface area contributed by atoms with Crippen LogP contribution in [0.2, 0.25) is 0 Å². The Kier molecular flexibility index (Phi) is 4.61. The van der Waals surface area contributed by atoms with E-state index in [4.69, 9.17) is 0 Å². The second kappa shape index (κ2) is 6.82. The molecule has 2 amide bonds. The van der Waals surface area contributed by atoms with E-state index in [-0.39, 0.29) is 18.2 Å². The lowest BCUT2D eigenvalue weighted by atomic mass is 10.1. The minimum atomic E-state index is -0.339. The first-order valence-electron chi connectivity index (χ1n) is 7.03. The zero-order valence-corrected chi connectivity index (χ0v) is 14.3. The number of rotatable bonds is 3. The molecule has 5 nitrogen and oxygen atoms in total. The molecule has 6 heteroatoms. The van der Waals surface area contributed by atoms with E-state index in [2.05, 4.69) is 38.4 Å². The summed E-state index contributed by atoms with van der Waals surface area (Å²) in [7, 11) is 0. The van der Waals surface area contributed by atoms with Crippen LogP contribution in [0, 0.1) is 3.57 Å². The molecule has 0 aliphatic rings. The van der Waals surface area contributed by atoms with E-state index in [9.17, 15) is 9.59 Å². The van der Waals surface area contributed by atoms with Gasteiger partial charge in [0.2, 0.25) is 5.91 Å². The molecule has 3 N–H and O–H groups in total. The van der Waals surface area contributed by atoms with Crippen molar-refractivity contribution in [1.82, 2.24) is 15.8 Å². The highest BCUT2D eigenvalue weighted by atomic mass is 127. The minimum Gasteiger partial charge on any atom is -0.361 e. The number of benzene rings is 2. The van der Waals surface area contributed by atoms with E-state index in [0.717, 1.165) is 20.0 Å². The van der Waals surface area contributed by atoms with Gasteiger partial charge in [-0.3, -0.25) is 20.4 Å². The Bertz CT molecular complexity index is 856. The third kappa shape index (κ3) is 3.70. The molecular weight excluding hydrogens is 405 g/mol. The third-order valence-electron chi connectivity index (χ3n) is 3.45. The molecule has 0 bridgehead atoms. The van der Waals surface area contributed by atoms with Crippen molar-refractivity contribution >= 4 is 45.3 Å². The summed E-state index contributed by atoms with van der Waals surface area (Å²) in [6.45, 7) is 0. The van der Waals surface area contributed by atoms with E-state index in [1.54, 1.807) is 12.1 Å². The number of amides is 2. The summed E-state index contributed by atoms with van der Waals surface area (Å²) in [6, 6.07) is 14.9. The zero-order chi connectivity index (χ0) is 16.2. The van der Waals surface area contributed by atoms with Gasteiger partial charge >= 0.3 is 0 Å². The van der Waals surface area contributed by atoms with Gasteiger partial charge in [-0.05, 0) is 58.5 Å². The first kappa shape index (κ1) is 15.5. The van der Waals surface area contributed by atoms with Crippen molar-refractivity contribution < 1.29 is 9.59 Å². The summed E-state index contributed by atoms with van der Waals surface area (Å²) >= 11 is 2.17. The average molecular weight is 419 g/mol. The molecule has 0 unspecified atom stereocenters. The molecule has 0 spiro atoms. The van der Waals surface area contributed by atoms with E-state index >= 15 is 0 Å². The SMILES string of the molecule is O=C(Cc1c[nH]c2ccccc12)NNC(=O)c1ccc(I)cc1. The standard InChI is InChI=1S/C17H14IN3O2/c18-13-7-5-11(6-8-13)17(23)21-20-16(22)9-12-10-19-15-4-2-1-3-14(12)15/h1-8,10,19H,9H2,(H,20,22)(H,21,23). The zero-order valence-electron chi connectivity index (χ0n) is 12.1. The quantitative estimate of drug-likeness (QED) is 0.451. The summed E-state index contributed by atoms with van der Waals surface area (Å²) in [5.74, 6) is -0.609. The molecule has 0 radical (unpaired) electrons. The fraction of sp³-hybridized carbons (Fsp3) is 0.0588. The number of fused-ring (bicyclic) bond motifs is 1. The summed E-state index contributed by atoms with van der Waals surface area (Å²) in [4.78, 5) is 27.1. The van der Waals surface area contributed by atoms with Crippen LogP contribution in [0.5, 0.6) is 0 Å². The predicted molar refractivity (Wildman–Crippen MR) is 96.8 cm³/mol. The lowest BCUT2D eigenvalue weighted by Gasteiger charge is -2.07. The van der Waals surface area contributed by atoms with Crippen molar-refractivity contribution in [2.45, 2.75) is 6.42 Å². The number of H-pyrrole nitrogens is 1. The van der Waals surface area contributed by atoms with Crippen LogP contribution in [-0.2, 0) is 11.2 Å². The number of para-hydroxylation sites is 1. The molecule has 23 heavy (non-hydrogen) atoms. The summed E-state index contributed by atoms with van der Waals surface area (Å²) in [5.41, 5.74) is 7.24. The molecule has 0 atom stereocenters. The molecule has 1 heterocycles. The first-order chi connectivity index (χ1) is 11.1. The van der Waals surface area contributed by atoms with Gasteiger partial charge in [-0.2, -0.15) is 0 Å². The van der Waals surface area contributed by atoms with Gasteiger partial charge in [0.05, 0.1) is 6.42 Å². The monoisotopic (exact) mass is 419 g/mol. The number of aromatic amines is 1. The average Bonchev–Trinajstić information content (AvgIpc) is 2.96. The number of hydrazine groups is 1. The van der Waals surface area contributed by atoms with Crippen LogP contribution < -0.4 is 10.9 Å². The first-order valence-corrected chi connectivity index (χ1v) is 8.11. The van der Waals surface area contributed by atoms with Gasteiger partial charge in [-0.25, -0.2) is 0 Å². The largest absolute Gasteiger partial charge is 0.361 e. The van der Waals surface area contributed by atoms with Gasteiger partial charge in [-0.15, -0.1) is 0 Å². The highest BCUT2D eigenvalue weighted by Crippen LogP contribution is 2.17. The number of carbonyl (C=O) groups is 2. The number of halogens is 1. The molecule has 3 aromatic rings. The normalized spacial score (nSPS) is 10.5. The van der Waals surface area contributed by atoms with Gasteiger partial charge < -0.3 is 4.98 Å². The van der Waals surface area contributed by atoms with Gasteiger partial charge in [0, 0.05) is 26.2 Å². The van der Waals surface area contributed by atoms with Crippen LogP contribution >= 0.6 is 22.6 Å². The maximum Gasteiger partial charge on any atom is 0.269 e. The Morgan fingerprint density at radius 1 is 1.00 bits per heavy atom. The predicted octanol–water partition coefficient (Wildman–Crippen LogP) is 2.78.